The van der Waals surface area contributed by atoms with Crippen LogP contribution >= 0.6 is 0 Å². The van der Waals surface area contributed by atoms with Gasteiger partial charge in [0.1, 0.15) is 0 Å². The number of hydrogen-bond acceptors (Lipinski definition) is 0. The largest absolute Gasteiger partial charge is 4.00 e. The summed E-state index contributed by atoms with van der Waals surface area (Å²) < 4.78 is 0. The Kier molecular flexibility index (Phi) is 11.1. The van der Waals surface area contributed by atoms with Gasteiger partial charge in [0.2, 0.25) is 0 Å². The van der Waals surface area contributed by atoms with Crippen LogP contribution in [0.4, 0.5) is 0 Å². The molecule has 0 unspecified atom stereocenters. The topological polar surface area (TPSA) is 0 Å². The molecule has 0 saturated carbocycles. The van der Waals surface area contributed by atoms with Gasteiger partial charge in [-0.25, -0.2) is 0 Å². The van der Waals surface area contributed by atoms with Gasteiger partial charge in [-0.2, -0.15) is 12.1 Å². The third-order valence-corrected chi connectivity index (χ3v) is 6.48. The van der Waals surface area contributed by atoms with E-state index in [4.69, 9.17) is 0 Å². The van der Waals surface area contributed by atoms with Crippen molar-refractivity contribution in [1.29, 1.82) is 0 Å². The number of hydrogen-bond donors (Lipinski definition) is 0. The minimum Gasteiger partial charge on any atom is -0.321 e. The van der Waals surface area contributed by atoms with Crippen molar-refractivity contribution in [3.8, 4) is 0 Å². The van der Waals surface area contributed by atoms with E-state index in [1.807, 2.05) is 0 Å². The van der Waals surface area contributed by atoms with Crippen molar-refractivity contribution >= 4 is 16.1 Å². The number of allylic oxidation sites excluding steroid dienone is 8. The Morgan fingerprint density at radius 3 is 1.09 bits per heavy atom. The molecule has 0 aromatic carbocycles. The molecule has 124 valence electrons. The second-order valence-corrected chi connectivity index (χ2v) is 19.8. The smallest absolute Gasteiger partial charge is 0.321 e. The molecule has 0 aromatic rings. The van der Waals surface area contributed by atoms with E-state index in [1.165, 1.54) is 12.1 Å². The summed E-state index contributed by atoms with van der Waals surface area (Å²) in [6.45, 7) is 14.5. The molecule has 0 amide bonds. The maximum absolute atomic E-state index is 2.44. The van der Waals surface area contributed by atoms with Crippen LogP contribution in [-0.2, 0) is 25.8 Å². The Morgan fingerprint density at radius 1 is 0.609 bits per heavy atom. The quantitative estimate of drug-likeness (QED) is 0.282. The fourth-order valence-corrected chi connectivity index (χ4v) is 4.15. The van der Waals surface area contributed by atoms with Crippen molar-refractivity contribution in [3.63, 3.8) is 0 Å². The van der Waals surface area contributed by atoms with E-state index >= 15 is 0 Å². The van der Waals surface area contributed by atoms with Crippen LogP contribution in [0.2, 0.25) is 51.4 Å². The summed E-state index contributed by atoms with van der Waals surface area (Å²) >= 11 is 0. The molecule has 0 aromatic heterocycles. The molecule has 2 aliphatic rings. The first-order valence-corrected chi connectivity index (χ1v) is 15.9. The van der Waals surface area contributed by atoms with Crippen molar-refractivity contribution in [2.24, 2.45) is 11.8 Å². The van der Waals surface area contributed by atoms with Gasteiger partial charge in [-0.3, -0.25) is 0 Å². The van der Waals surface area contributed by atoms with E-state index < -0.39 is 16.1 Å². The predicted octanol–water partition coefficient (Wildman–Crippen LogP) is 6.54. The first-order valence-electron chi connectivity index (χ1n) is 8.52. The molecular formula is C20H34HfSi2+2. The van der Waals surface area contributed by atoms with Crippen LogP contribution in [0.3, 0.4) is 0 Å². The van der Waals surface area contributed by atoms with Gasteiger partial charge in [-0.1, -0.05) is 63.6 Å². The van der Waals surface area contributed by atoms with Crippen molar-refractivity contribution in [3.05, 3.63) is 61.4 Å². The molecule has 2 rings (SSSR count). The standard InChI is InChI=1S/2C10H17Si.Hf/c2*1-11(2,3)9-8-10-6-4-5-7-10;/h2*4-8,10H,9H2,1-3H3;/q2*-1;+4. The summed E-state index contributed by atoms with van der Waals surface area (Å²) in [7, 11) is -1.70. The van der Waals surface area contributed by atoms with E-state index in [0.29, 0.717) is 11.8 Å². The minimum atomic E-state index is -0.848. The molecule has 0 bridgehead atoms. The average Bonchev–Trinajstić information content (AvgIpc) is 3.07. The van der Waals surface area contributed by atoms with Crippen LogP contribution in [0.15, 0.2) is 48.6 Å². The minimum absolute atomic E-state index is 0. The van der Waals surface area contributed by atoms with Gasteiger partial charge < -0.3 is 12.8 Å². The van der Waals surface area contributed by atoms with Crippen LogP contribution in [0.5, 0.6) is 0 Å². The Bertz CT molecular complexity index is 368. The molecular weight excluding hydrogens is 475 g/mol. The van der Waals surface area contributed by atoms with E-state index in [1.54, 1.807) is 0 Å². The van der Waals surface area contributed by atoms with Gasteiger partial charge in [0.15, 0.2) is 0 Å². The van der Waals surface area contributed by atoms with Crippen molar-refractivity contribution in [2.45, 2.75) is 51.4 Å². The van der Waals surface area contributed by atoms with E-state index in [-0.39, 0.29) is 25.8 Å². The number of rotatable bonds is 6. The zero-order valence-corrected chi connectivity index (χ0v) is 21.4. The second-order valence-electron chi connectivity index (χ2n) is 8.70. The molecule has 3 heteroatoms. The van der Waals surface area contributed by atoms with Gasteiger partial charge in [-0.05, 0) is 0 Å². The van der Waals surface area contributed by atoms with Crippen molar-refractivity contribution in [2.75, 3.05) is 0 Å². The molecule has 23 heavy (non-hydrogen) atoms. The van der Waals surface area contributed by atoms with Gasteiger partial charge in [0.25, 0.3) is 0 Å². The SMILES string of the molecule is C[Si](C)(C)C[CH-]C1C=CC=C1.C[Si](C)(C)C[CH-]C1C=CC=C1.[Hf+4]. The zero-order chi connectivity index (χ0) is 16.6. The van der Waals surface area contributed by atoms with Gasteiger partial charge in [-0.15, -0.1) is 36.1 Å². The van der Waals surface area contributed by atoms with Crippen molar-refractivity contribution < 1.29 is 25.8 Å². The molecule has 0 aliphatic heterocycles. The summed E-state index contributed by atoms with van der Waals surface area (Å²) in [5.74, 6) is 1.25. The molecule has 0 N–H and O–H groups in total. The third kappa shape index (κ3) is 13.3. The summed E-state index contributed by atoms with van der Waals surface area (Å²) in [5.41, 5.74) is 0. The fourth-order valence-electron chi connectivity index (χ4n) is 2.19. The van der Waals surface area contributed by atoms with E-state index in [9.17, 15) is 0 Å². The Morgan fingerprint density at radius 2 is 0.870 bits per heavy atom. The van der Waals surface area contributed by atoms with Crippen LogP contribution < -0.4 is 0 Å². The normalized spacial score (nSPS) is 17.3. The van der Waals surface area contributed by atoms with Crippen molar-refractivity contribution in [1.82, 2.24) is 0 Å². The summed E-state index contributed by atoms with van der Waals surface area (Å²) in [4.78, 5) is 0. The predicted molar refractivity (Wildman–Crippen MR) is 108 cm³/mol. The van der Waals surface area contributed by atoms with Gasteiger partial charge >= 0.3 is 25.8 Å². The monoisotopic (exact) mass is 510 g/mol. The molecule has 0 heterocycles. The third-order valence-electron chi connectivity index (χ3n) is 3.56. The van der Waals surface area contributed by atoms with Crippen LogP contribution in [0.1, 0.15) is 0 Å². The molecule has 0 spiro atoms. The average molecular weight is 509 g/mol. The second kappa shape index (κ2) is 11.0. The fraction of sp³-hybridized carbons (Fsp3) is 0.500. The first-order chi connectivity index (χ1) is 10.2. The zero-order valence-electron chi connectivity index (χ0n) is 15.8. The Balaban J connectivity index is 0.000000403. The van der Waals surface area contributed by atoms with Crippen LogP contribution in [0, 0.1) is 24.7 Å². The van der Waals surface area contributed by atoms with Crippen LogP contribution in [-0.4, -0.2) is 16.1 Å². The molecule has 0 fully saturated rings. The summed E-state index contributed by atoms with van der Waals surface area (Å²) in [6.07, 6.45) is 22.4. The molecule has 0 nitrogen and oxygen atoms in total. The Hall–Kier alpha value is 0.264. The van der Waals surface area contributed by atoms with Gasteiger partial charge in [0, 0.05) is 16.1 Å². The first kappa shape index (κ1) is 23.3. The van der Waals surface area contributed by atoms with E-state index in [0.717, 1.165) is 0 Å². The Labute approximate surface area is 166 Å². The molecule has 0 atom stereocenters. The molecule has 2 aliphatic carbocycles. The van der Waals surface area contributed by atoms with E-state index in [2.05, 4.69) is 101 Å². The summed E-state index contributed by atoms with van der Waals surface area (Å²) in [5, 5.41) is 0. The van der Waals surface area contributed by atoms with Gasteiger partial charge in [0.05, 0.1) is 0 Å². The maximum atomic E-state index is 2.44. The molecule has 0 radical (unpaired) electrons. The maximum Gasteiger partial charge on any atom is 4.00 e. The van der Waals surface area contributed by atoms with Crippen LogP contribution in [0.25, 0.3) is 0 Å². The summed E-state index contributed by atoms with van der Waals surface area (Å²) in [6, 6.07) is 2.65. The molecule has 0 saturated heterocycles.